The van der Waals surface area contributed by atoms with E-state index in [1.54, 1.807) is 12.1 Å². The Balaban J connectivity index is 2.15. The SMILES string of the molecule is CCCN1CCN(C(C(=O)O)c2cccc(Cl)c2)CC1C. The number of rotatable bonds is 5. The lowest BCUT2D eigenvalue weighted by Gasteiger charge is -2.42. The van der Waals surface area contributed by atoms with Crippen LogP contribution in [0.5, 0.6) is 0 Å². The highest BCUT2D eigenvalue weighted by Gasteiger charge is 2.32. The smallest absolute Gasteiger partial charge is 0.325 e. The van der Waals surface area contributed by atoms with Gasteiger partial charge in [-0.1, -0.05) is 30.7 Å². The molecule has 0 saturated carbocycles. The van der Waals surface area contributed by atoms with E-state index in [1.165, 1.54) is 0 Å². The molecule has 1 aromatic carbocycles. The van der Waals surface area contributed by atoms with E-state index in [2.05, 4.69) is 18.7 Å². The van der Waals surface area contributed by atoms with E-state index in [0.29, 0.717) is 11.1 Å². The summed E-state index contributed by atoms with van der Waals surface area (Å²) in [6, 6.07) is 6.93. The zero-order chi connectivity index (χ0) is 15.4. The van der Waals surface area contributed by atoms with Gasteiger partial charge in [-0.3, -0.25) is 14.6 Å². The van der Waals surface area contributed by atoms with Gasteiger partial charge < -0.3 is 5.11 Å². The number of hydrogen-bond acceptors (Lipinski definition) is 3. The summed E-state index contributed by atoms with van der Waals surface area (Å²) in [6.07, 6.45) is 1.13. The average Bonchev–Trinajstić information content (AvgIpc) is 2.42. The van der Waals surface area contributed by atoms with Gasteiger partial charge in [-0.15, -0.1) is 0 Å². The minimum Gasteiger partial charge on any atom is -0.480 e. The molecule has 2 rings (SSSR count). The molecule has 0 radical (unpaired) electrons. The van der Waals surface area contributed by atoms with Crippen LogP contribution in [-0.4, -0.2) is 53.1 Å². The third-order valence-corrected chi connectivity index (χ3v) is 4.31. The van der Waals surface area contributed by atoms with E-state index < -0.39 is 12.0 Å². The lowest BCUT2D eigenvalue weighted by molar-refractivity contribution is -0.144. The predicted octanol–water partition coefficient (Wildman–Crippen LogP) is 2.88. The molecule has 1 N–H and O–H groups in total. The first-order chi connectivity index (χ1) is 10.0. The minimum atomic E-state index is -0.812. The molecule has 1 aliphatic heterocycles. The molecule has 0 aliphatic carbocycles. The van der Waals surface area contributed by atoms with Crippen molar-refractivity contribution in [3.8, 4) is 0 Å². The zero-order valence-corrected chi connectivity index (χ0v) is 13.4. The van der Waals surface area contributed by atoms with E-state index in [1.807, 2.05) is 17.0 Å². The first kappa shape index (κ1) is 16.3. The Labute approximate surface area is 131 Å². The first-order valence-corrected chi connectivity index (χ1v) is 7.87. The van der Waals surface area contributed by atoms with Crippen LogP contribution in [0, 0.1) is 0 Å². The third kappa shape index (κ3) is 3.96. The van der Waals surface area contributed by atoms with Crippen molar-refractivity contribution in [3.05, 3.63) is 34.9 Å². The molecule has 116 valence electrons. The van der Waals surface area contributed by atoms with Crippen LogP contribution in [0.2, 0.25) is 5.02 Å². The van der Waals surface area contributed by atoms with Gasteiger partial charge in [-0.25, -0.2) is 0 Å². The Morgan fingerprint density at radius 3 is 2.81 bits per heavy atom. The second kappa shape index (κ2) is 7.25. The van der Waals surface area contributed by atoms with Crippen molar-refractivity contribution in [2.75, 3.05) is 26.2 Å². The van der Waals surface area contributed by atoms with Gasteiger partial charge in [0.2, 0.25) is 0 Å². The average molecular weight is 311 g/mol. The predicted molar refractivity (Wildman–Crippen MR) is 84.7 cm³/mol. The number of benzene rings is 1. The van der Waals surface area contributed by atoms with Crippen molar-refractivity contribution in [2.24, 2.45) is 0 Å². The number of aliphatic carboxylic acids is 1. The Bertz CT molecular complexity index is 495. The molecule has 2 atom stereocenters. The van der Waals surface area contributed by atoms with E-state index in [9.17, 15) is 9.90 Å². The quantitative estimate of drug-likeness (QED) is 0.908. The van der Waals surface area contributed by atoms with Crippen LogP contribution in [0.4, 0.5) is 0 Å². The number of carboxylic acids is 1. The van der Waals surface area contributed by atoms with Crippen LogP contribution < -0.4 is 0 Å². The molecule has 0 bridgehead atoms. The minimum absolute atomic E-state index is 0.375. The Hall–Kier alpha value is -1.10. The Morgan fingerprint density at radius 2 is 2.24 bits per heavy atom. The maximum Gasteiger partial charge on any atom is 0.325 e. The van der Waals surface area contributed by atoms with Crippen LogP contribution in [0.1, 0.15) is 31.9 Å². The maximum atomic E-state index is 11.7. The van der Waals surface area contributed by atoms with Gasteiger partial charge in [-0.2, -0.15) is 0 Å². The monoisotopic (exact) mass is 310 g/mol. The van der Waals surface area contributed by atoms with Crippen LogP contribution >= 0.6 is 11.6 Å². The number of carbonyl (C=O) groups is 1. The standard InChI is InChI=1S/C16H23ClN2O2/c1-3-7-18-8-9-19(11-12(18)2)15(16(20)21)13-5-4-6-14(17)10-13/h4-6,10,12,15H,3,7-9,11H2,1-2H3,(H,20,21). The van der Waals surface area contributed by atoms with Crippen molar-refractivity contribution < 1.29 is 9.90 Å². The Morgan fingerprint density at radius 1 is 1.48 bits per heavy atom. The number of nitrogens with zero attached hydrogens (tertiary/aromatic N) is 2. The van der Waals surface area contributed by atoms with E-state index in [-0.39, 0.29) is 0 Å². The number of hydrogen-bond donors (Lipinski definition) is 1. The number of carboxylic acid groups (broad SMARTS) is 1. The number of piperazine rings is 1. The zero-order valence-electron chi connectivity index (χ0n) is 12.6. The maximum absolute atomic E-state index is 11.7. The summed E-state index contributed by atoms with van der Waals surface area (Å²) < 4.78 is 0. The molecule has 1 saturated heterocycles. The third-order valence-electron chi connectivity index (χ3n) is 4.07. The van der Waals surface area contributed by atoms with Crippen molar-refractivity contribution in [3.63, 3.8) is 0 Å². The van der Waals surface area contributed by atoms with E-state index in [0.717, 1.165) is 38.2 Å². The second-order valence-corrected chi connectivity index (χ2v) is 6.11. The van der Waals surface area contributed by atoms with E-state index >= 15 is 0 Å². The lowest BCUT2D eigenvalue weighted by Crippen LogP contribution is -2.53. The second-order valence-electron chi connectivity index (χ2n) is 5.68. The van der Waals surface area contributed by atoms with Crippen molar-refractivity contribution >= 4 is 17.6 Å². The largest absolute Gasteiger partial charge is 0.480 e. The van der Waals surface area contributed by atoms with Gasteiger partial charge in [0, 0.05) is 30.7 Å². The molecule has 0 spiro atoms. The molecule has 1 aliphatic rings. The highest BCUT2D eigenvalue weighted by molar-refractivity contribution is 6.30. The first-order valence-electron chi connectivity index (χ1n) is 7.49. The molecule has 0 aromatic heterocycles. The molecule has 2 unspecified atom stereocenters. The molecule has 0 amide bonds. The van der Waals surface area contributed by atoms with Crippen molar-refractivity contribution in [1.82, 2.24) is 9.80 Å². The summed E-state index contributed by atoms with van der Waals surface area (Å²) in [5.41, 5.74) is 0.756. The normalized spacial score (nSPS) is 22.1. The lowest BCUT2D eigenvalue weighted by atomic mass is 10.0. The topological polar surface area (TPSA) is 43.8 Å². The van der Waals surface area contributed by atoms with E-state index in [4.69, 9.17) is 11.6 Å². The molecule has 5 heteroatoms. The molecule has 4 nitrogen and oxygen atoms in total. The fourth-order valence-electron chi connectivity index (χ4n) is 3.06. The van der Waals surface area contributed by atoms with Crippen LogP contribution in [0.15, 0.2) is 24.3 Å². The van der Waals surface area contributed by atoms with Gasteiger partial charge in [-0.05, 0) is 37.6 Å². The summed E-state index contributed by atoms with van der Waals surface area (Å²) in [5, 5.41) is 10.2. The molecule has 1 heterocycles. The molecule has 1 fully saturated rings. The summed E-state index contributed by atoms with van der Waals surface area (Å²) >= 11 is 6.01. The van der Waals surface area contributed by atoms with Crippen LogP contribution in [0.25, 0.3) is 0 Å². The molecule has 21 heavy (non-hydrogen) atoms. The van der Waals surface area contributed by atoms with Gasteiger partial charge in [0.25, 0.3) is 0 Å². The molecular formula is C16H23ClN2O2. The van der Waals surface area contributed by atoms with Gasteiger partial charge in [0.05, 0.1) is 0 Å². The summed E-state index contributed by atoms with van der Waals surface area (Å²) in [6.45, 7) is 7.87. The van der Waals surface area contributed by atoms with Gasteiger partial charge in [0.15, 0.2) is 0 Å². The summed E-state index contributed by atoms with van der Waals surface area (Å²) in [4.78, 5) is 16.2. The molecular weight excluding hydrogens is 288 g/mol. The number of halogens is 1. The van der Waals surface area contributed by atoms with Gasteiger partial charge in [0.1, 0.15) is 6.04 Å². The highest BCUT2D eigenvalue weighted by atomic mass is 35.5. The highest BCUT2D eigenvalue weighted by Crippen LogP contribution is 2.26. The van der Waals surface area contributed by atoms with Crippen LogP contribution in [0.3, 0.4) is 0 Å². The fourth-order valence-corrected chi connectivity index (χ4v) is 3.26. The summed E-state index contributed by atoms with van der Waals surface area (Å²) in [7, 11) is 0. The van der Waals surface area contributed by atoms with Crippen LogP contribution in [-0.2, 0) is 4.79 Å². The van der Waals surface area contributed by atoms with Gasteiger partial charge >= 0.3 is 5.97 Å². The molecule has 1 aromatic rings. The Kier molecular flexibility index (Phi) is 5.62. The van der Waals surface area contributed by atoms with Crippen molar-refractivity contribution in [2.45, 2.75) is 32.4 Å². The summed E-state index contributed by atoms with van der Waals surface area (Å²) in [5.74, 6) is -0.812. The fraction of sp³-hybridized carbons (Fsp3) is 0.562. The van der Waals surface area contributed by atoms with Crippen molar-refractivity contribution in [1.29, 1.82) is 0 Å².